The van der Waals surface area contributed by atoms with Crippen molar-refractivity contribution < 1.29 is 14.4 Å². The summed E-state index contributed by atoms with van der Waals surface area (Å²) in [5.41, 5.74) is 3.60. The lowest BCUT2D eigenvalue weighted by Crippen LogP contribution is -2.31. The first-order chi connectivity index (χ1) is 18.0. The fourth-order valence-electron chi connectivity index (χ4n) is 4.38. The molecule has 0 aromatic heterocycles. The molecule has 3 aromatic rings. The third-order valence-electron chi connectivity index (χ3n) is 6.56. The molecule has 0 bridgehead atoms. The van der Waals surface area contributed by atoms with Gasteiger partial charge in [0.05, 0.1) is 12.6 Å². The quantitative estimate of drug-likeness (QED) is 0.396. The van der Waals surface area contributed by atoms with Crippen molar-refractivity contribution in [3.8, 4) is 0 Å². The largest absolute Gasteiger partial charge is 0.376 e. The Balaban J connectivity index is 1.23. The van der Waals surface area contributed by atoms with Gasteiger partial charge in [-0.05, 0) is 73.9 Å². The SMILES string of the molecule is CC(NC(=O)c1ccc(NC(=O)CNc2ccc(C(=O)N3CCCCCC3)cc2)cc1)c1ccccc1. The van der Waals surface area contributed by atoms with Crippen molar-refractivity contribution in [2.75, 3.05) is 30.3 Å². The van der Waals surface area contributed by atoms with E-state index in [1.807, 2.05) is 54.3 Å². The molecule has 1 atom stereocenters. The Morgan fingerprint density at radius 1 is 0.757 bits per heavy atom. The van der Waals surface area contributed by atoms with Gasteiger partial charge < -0.3 is 20.9 Å². The van der Waals surface area contributed by atoms with Crippen LogP contribution in [0, 0.1) is 0 Å². The second kappa shape index (κ2) is 12.7. The van der Waals surface area contributed by atoms with E-state index in [0.717, 1.165) is 37.2 Å². The molecule has 0 spiro atoms. The lowest BCUT2D eigenvalue weighted by molar-refractivity contribution is -0.114. The number of carbonyl (C=O) groups excluding carboxylic acids is 3. The molecule has 0 aliphatic carbocycles. The van der Waals surface area contributed by atoms with Crippen molar-refractivity contribution in [3.05, 3.63) is 95.6 Å². The summed E-state index contributed by atoms with van der Waals surface area (Å²) >= 11 is 0. The van der Waals surface area contributed by atoms with Crippen LogP contribution < -0.4 is 16.0 Å². The van der Waals surface area contributed by atoms with Gasteiger partial charge in [0.25, 0.3) is 11.8 Å². The summed E-state index contributed by atoms with van der Waals surface area (Å²) in [7, 11) is 0. The van der Waals surface area contributed by atoms with Crippen molar-refractivity contribution in [1.82, 2.24) is 10.2 Å². The van der Waals surface area contributed by atoms with Crippen molar-refractivity contribution >= 4 is 29.1 Å². The van der Waals surface area contributed by atoms with Gasteiger partial charge in [-0.15, -0.1) is 0 Å². The van der Waals surface area contributed by atoms with E-state index in [0.29, 0.717) is 16.8 Å². The van der Waals surface area contributed by atoms with Crippen LogP contribution in [0.5, 0.6) is 0 Å². The van der Waals surface area contributed by atoms with Gasteiger partial charge in [-0.25, -0.2) is 0 Å². The highest BCUT2D eigenvalue weighted by Crippen LogP contribution is 2.17. The first-order valence-electron chi connectivity index (χ1n) is 12.9. The van der Waals surface area contributed by atoms with Crippen molar-refractivity contribution in [2.24, 2.45) is 0 Å². The highest BCUT2D eigenvalue weighted by molar-refractivity contribution is 5.97. The predicted octanol–water partition coefficient (Wildman–Crippen LogP) is 5.24. The Bertz CT molecular complexity index is 1190. The molecule has 1 aliphatic heterocycles. The Labute approximate surface area is 218 Å². The second-order valence-electron chi connectivity index (χ2n) is 9.37. The Kier molecular flexibility index (Phi) is 8.92. The van der Waals surface area contributed by atoms with E-state index < -0.39 is 0 Å². The molecule has 1 saturated heterocycles. The van der Waals surface area contributed by atoms with Crippen molar-refractivity contribution in [2.45, 2.75) is 38.6 Å². The molecule has 1 aliphatic rings. The molecular weight excluding hydrogens is 464 g/mol. The van der Waals surface area contributed by atoms with Crippen LogP contribution >= 0.6 is 0 Å². The zero-order chi connectivity index (χ0) is 26.0. The standard InChI is InChI=1S/C30H34N4O3/c1-22(23-9-5-4-6-10-23)32-29(36)24-11-17-27(18-12-24)33-28(35)21-31-26-15-13-25(14-16-26)30(37)34-19-7-2-3-8-20-34/h4-6,9-18,22,31H,2-3,7-8,19-21H2,1H3,(H,32,36)(H,33,35). The van der Waals surface area contributed by atoms with Crippen LogP contribution in [-0.4, -0.2) is 42.3 Å². The number of nitrogens with one attached hydrogen (secondary N) is 3. The van der Waals surface area contributed by atoms with E-state index in [1.54, 1.807) is 36.4 Å². The van der Waals surface area contributed by atoms with Gasteiger partial charge in [0.15, 0.2) is 0 Å². The molecule has 0 saturated carbocycles. The van der Waals surface area contributed by atoms with E-state index in [2.05, 4.69) is 16.0 Å². The molecular formula is C30H34N4O3. The Hall–Kier alpha value is -4.13. The number of rotatable bonds is 8. The minimum absolute atomic E-state index is 0.0674. The summed E-state index contributed by atoms with van der Waals surface area (Å²) in [5, 5.41) is 8.90. The molecule has 3 amide bonds. The van der Waals surface area contributed by atoms with E-state index in [1.165, 1.54) is 12.8 Å². The van der Waals surface area contributed by atoms with Gasteiger partial charge in [0, 0.05) is 35.6 Å². The van der Waals surface area contributed by atoms with Crippen LogP contribution in [0.4, 0.5) is 11.4 Å². The Morgan fingerprint density at radius 3 is 2.00 bits per heavy atom. The smallest absolute Gasteiger partial charge is 0.253 e. The van der Waals surface area contributed by atoms with Crippen LogP contribution in [0.2, 0.25) is 0 Å². The third-order valence-corrected chi connectivity index (χ3v) is 6.56. The summed E-state index contributed by atoms with van der Waals surface area (Å²) in [4.78, 5) is 39.6. The number of carbonyl (C=O) groups is 3. The third kappa shape index (κ3) is 7.43. The van der Waals surface area contributed by atoms with E-state index >= 15 is 0 Å². The highest BCUT2D eigenvalue weighted by atomic mass is 16.2. The number of nitrogens with zero attached hydrogens (tertiary/aromatic N) is 1. The van der Waals surface area contributed by atoms with Crippen molar-refractivity contribution in [1.29, 1.82) is 0 Å². The maximum absolute atomic E-state index is 12.7. The fraction of sp³-hybridized carbons (Fsp3) is 0.300. The van der Waals surface area contributed by atoms with Crippen LogP contribution in [0.25, 0.3) is 0 Å². The first-order valence-corrected chi connectivity index (χ1v) is 12.9. The van der Waals surface area contributed by atoms with Gasteiger partial charge >= 0.3 is 0 Å². The maximum atomic E-state index is 12.7. The zero-order valence-corrected chi connectivity index (χ0v) is 21.2. The van der Waals surface area contributed by atoms with Crippen LogP contribution in [0.3, 0.4) is 0 Å². The van der Waals surface area contributed by atoms with Gasteiger partial charge in [-0.1, -0.05) is 43.2 Å². The molecule has 3 aromatic carbocycles. The molecule has 0 radical (unpaired) electrons. The number of benzene rings is 3. The number of anilines is 2. The monoisotopic (exact) mass is 498 g/mol. The number of amides is 3. The minimum atomic E-state index is -0.209. The average Bonchev–Trinajstić information content (AvgIpc) is 3.22. The molecule has 7 heteroatoms. The van der Waals surface area contributed by atoms with Gasteiger partial charge in [0.2, 0.25) is 5.91 Å². The molecule has 3 N–H and O–H groups in total. The molecule has 1 heterocycles. The molecule has 37 heavy (non-hydrogen) atoms. The van der Waals surface area contributed by atoms with Crippen LogP contribution in [0.15, 0.2) is 78.9 Å². The normalized spacial score (nSPS) is 14.2. The summed E-state index contributed by atoms with van der Waals surface area (Å²) in [5.74, 6) is -0.314. The van der Waals surface area contributed by atoms with Gasteiger partial charge in [0.1, 0.15) is 0 Å². The van der Waals surface area contributed by atoms with Crippen molar-refractivity contribution in [3.63, 3.8) is 0 Å². The lowest BCUT2D eigenvalue weighted by atomic mass is 10.1. The number of hydrogen-bond acceptors (Lipinski definition) is 4. The molecule has 1 fully saturated rings. The summed E-state index contributed by atoms with van der Waals surface area (Å²) < 4.78 is 0. The molecule has 192 valence electrons. The first kappa shape index (κ1) is 25.9. The summed E-state index contributed by atoms with van der Waals surface area (Å²) in [6.45, 7) is 3.65. The number of hydrogen-bond donors (Lipinski definition) is 3. The van der Waals surface area contributed by atoms with Crippen LogP contribution in [-0.2, 0) is 4.79 Å². The fourth-order valence-corrected chi connectivity index (χ4v) is 4.38. The average molecular weight is 499 g/mol. The molecule has 7 nitrogen and oxygen atoms in total. The maximum Gasteiger partial charge on any atom is 0.253 e. The minimum Gasteiger partial charge on any atom is -0.376 e. The summed E-state index contributed by atoms with van der Waals surface area (Å²) in [6, 6.07) is 23.7. The van der Waals surface area contributed by atoms with E-state index in [9.17, 15) is 14.4 Å². The van der Waals surface area contributed by atoms with E-state index in [4.69, 9.17) is 0 Å². The summed E-state index contributed by atoms with van der Waals surface area (Å²) in [6.07, 6.45) is 4.48. The van der Waals surface area contributed by atoms with Crippen LogP contribution in [0.1, 0.15) is 64.9 Å². The zero-order valence-electron chi connectivity index (χ0n) is 21.2. The lowest BCUT2D eigenvalue weighted by Gasteiger charge is -2.20. The highest BCUT2D eigenvalue weighted by Gasteiger charge is 2.17. The Morgan fingerprint density at radius 2 is 1.35 bits per heavy atom. The molecule has 4 rings (SSSR count). The van der Waals surface area contributed by atoms with E-state index in [-0.39, 0.29) is 30.3 Å². The number of likely N-dealkylation sites (tertiary alicyclic amines) is 1. The predicted molar refractivity (Wildman–Crippen MR) is 147 cm³/mol. The topological polar surface area (TPSA) is 90.5 Å². The second-order valence-corrected chi connectivity index (χ2v) is 9.37. The van der Waals surface area contributed by atoms with Gasteiger partial charge in [-0.2, -0.15) is 0 Å². The molecule has 1 unspecified atom stereocenters. The van der Waals surface area contributed by atoms with Gasteiger partial charge in [-0.3, -0.25) is 14.4 Å².